The summed E-state index contributed by atoms with van der Waals surface area (Å²) in [4.78, 5) is 38.3. The standard InChI is InChI=1S/C10H16O5P2S2/c1-7(2)19-9-5-3-8(4-6-9)10(16(11,12)13)17(14,15)18/h3-7,10H,1-2H3,(H2,11,12,13)(H2,14,15,18). The van der Waals surface area contributed by atoms with Crippen LogP contribution in [0, 0.1) is 0 Å². The molecule has 1 rings (SSSR count). The zero-order valence-corrected chi connectivity index (χ0v) is 13.8. The van der Waals surface area contributed by atoms with Crippen LogP contribution in [0.3, 0.4) is 0 Å². The topological polar surface area (TPSA) is 98.0 Å². The first kappa shape index (κ1) is 17.3. The predicted octanol–water partition coefficient (Wildman–Crippen LogP) is 2.66. The average Bonchev–Trinajstić information content (AvgIpc) is 2.15. The second-order valence-corrected chi connectivity index (χ2v) is 11.3. The van der Waals surface area contributed by atoms with E-state index in [1.54, 1.807) is 23.9 Å². The van der Waals surface area contributed by atoms with E-state index in [-0.39, 0.29) is 5.56 Å². The maximum absolute atomic E-state index is 11.4. The van der Waals surface area contributed by atoms with Gasteiger partial charge in [-0.25, -0.2) is 0 Å². The zero-order valence-electron chi connectivity index (χ0n) is 10.4. The van der Waals surface area contributed by atoms with Crippen LogP contribution in [0.15, 0.2) is 29.2 Å². The Balaban J connectivity index is 3.13. The summed E-state index contributed by atoms with van der Waals surface area (Å²) in [5, 5.41) is -1.35. The molecule has 0 heterocycles. The van der Waals surface area contributed by atoms with Gasteiger partial charge in [0, 0.05) is 10.1 Å². The fourth-order valence-electron chi connectivity index (χ4n) is 1.58. The summed E-state index contributed by atoms with van der Waals surface area (Å²) in [6, 6.07) is 6.32. The minimum absolute atomic E-state index is 0.148. The first-order chi connectivity index (χ1) is 8.51. The molecule has 0 saturated carbocycles. The third-order valence-corrected chi connectivity index (χ3v) is 8.04. The molecule has 1 aromatic rings. The summed E-state index contributed by atoms with van der Waals surface area (Å²) in [7, 11) is -4.72. The Morgan fingerprint density at radius 3 is 1.89 bits per heavy atom. The lowest BCUT2D eigenvalue weighted by Crippen LogP contribution is -2.01. The molecule has 19 heavy (non-hydrogen) atoms. The number of benzene rings is 1. The molecule has 5 nitrogen and oxygen atoms in total. The monoisotopic (exact) mass is 342 g/mol. The van der Waals surface area contributed by atoms with Crippen molar-refractivity contribution in [3.63, 3.8) is 0 Å². The minimum atomic E-state index is -4.72. The lowest BCUT2D eigenvalue weighted by Gasteiger charge is -2.22. The van der Waals surface area contributed by atoms with Crippen molar-refractivity contribution in [3.05, 3.63) is 29.8 Å². The van der Waals surface area contributed by atoms with Crippen molar-refractivity contribution in [3.8, 4) is 0 Å². The lowest BCUT2D eigenvalue weighted by atomic mass is 10.2. The molecule has 0 aliphatic carbocycles. The van der Waals surface area contributed by atoms with Crippen molar-refractivity contribution in [2.45, 2.75) is 29.4 Å². The van der Waals surface area contributed by atoms with Crippen LogP contribution in [-0.2, 0) is 16.4 Å². The normalized spacial score (nSPS) is 14.7. The summed E-state index contributed by atoms with van der Waals surface area (Å²) < 4.78 is 11.4. The van der Waals surface area contributed by atoms with Crippen LogP contribution in [0.5, 0.6) is 0 Å². The second-order valence-electron chi connectivity index (χ2n) is 4.29. The summed E-state index contributed by atoms with van der Waals surface area (Å²) >= 11 is 6.06. The number of hydrogen-bond acceptors (Lipinski definition) is 3. The van der Waals surface area contributed by atoms with Crippen LogP contribution in [0.25, 0.3) is 0 Å². The number of hydrogen-bond donors (Lipinski definition) is 4. The third-order valence-electron chi connectivity index (χ3n) is 2.19. The van der Waals surface area contributed by atoms with E-state index in [1.165, 1.54) is 12.1 Å². The first-order valence-electron chi connectivity index (χ1n) is 5.39. The van der Waals surface area contributed by atoms with Gasteiger partial charge in [0.25, 0.3) is 0 Å². The molecule has 0 aliphatic heterocycles. The maximum atomic E-state index is 11.4. The van der Waals surface area contributed by atoms with Crippen LogP contribution in [0.1, 0.15) is 24.8 Å². The highest BCUT2D eigenvalue weighted by Crippen LogP contribution is 2.70. The van der Waals surface area contributed by atoms with E-state index in [9.17, 15) is 24.1 Å². The van der Waals surface area contributed by atoms with Gasteiger partial charge in [-0.3, -0.25) is 4.57 Å². The van der Waals surface area contributed by atoms with Crippen molar-refractivity contribution >= 4 is 37.7 Å². The minimum Gasteiger partial charge on any atom is -0.344 e. The van der Waals surface area contributed by atoms with Gasteiger partial charge in [0.2, 0.25) is 6.49 Å². The van der Waals surface area contributed by atoms with Gasteiger partial charge in [-0.1, -0.05) is 26.0 Å². The number of thioether (sulfide) groups is 1. The van der Waals surface area contributed by atoms with Crippen molar-refractivity contribution < 1.29 is 24.1 Å². The van der Waals surface area contributed by atoms with Gasteiger partial charge in [0.1, 0.15) is 0 Å². The van der Waals surface area contributed by atoms with E-state index in [4.69, 9.17) is 0 Å². The van der Waals surface area contributed by atoms with Crippen LogP contribution >= 0.6 is 25.8 Å². The van der Waals surface area contributed by atoms with Gasteiger partial charge < -0.3 is 19.6 Å². The quantitative estimate of drug-likeness (QED) is 0.482. The smallest absolute Gasteiger partial charge is 0.342 e. The third kappa shape index (κ3) is 5.29. The molecular weight excluding hydrogens is 326 g/mol. The average molecular weight is 342 g/mol. The molecule has 1 unspecified atom stereocenters. The van der Waals surface area contributed by atoms with Crippen LogP contribution in [0.4, 0.5) is 0 Å². The fraction of sp³-hybridized carbons (Fsp3) is 0.400. The molecule has 1 atom stereocenters. The molecule has 0 bridgehead atoms. The van der Waals surface area contributed by atoms with E-state index in [0.717, 1.165) is 4.90 Å². The van der Waals surface area contributed by atoms with Crippen molar-refractivity contribution in [2.75, 3.05) is 0 Å². The molecule has 0 spiro atoms. The van der Waals surface area contributed by atoms with Gasteiger partial charge in [-0.15, -0.1) is 11.8 Å². The van der Waals surface area contributed by atoms with Gasteiger partial charge in [0.05, 0.1) is 0 Å². The van der Waals surface area contributed by atoms with E-state index in [0.29, 0.717) is 5.25 Å². The molecule has 4 N–H and O–H groups in total. The summed E-state index contributed by atoms with van der Waals surface area (Å²) in [5.74, 6) is 0. The van der Waals surface area contributed by atoms with Crippen LogP contribution in [-0.4, -0.2) is 24.8 Å². The summed E-state index contributed by atoms with van der Waals surface area (Å²) in [6.07, 6.45) is 0. The van der Waals surface area contributed by atoms with Gasteiger partial charge in [-0.2, -0.15) is 0 Å². The molecule has 0 radical (unpaired) electrons. The van der Waals surface area contributed by atoms with Gasteiger partial charge in [-0.05, 0) is 29.5 Å². The number of rotatable bonds is 5. The van der Waals surface area contributed by atoms with E-state index in [2.05, 4.69) is 11.8 Å². The van der Waals surface area contributed by atoms with Gasteiger partial charge >= 0.3 is 7.60 Å². The lowest BCUT2D eigenvalue weighted by molar-refractivity contribution is 0.363. The molecule has 0 amide bonds. The highest BCUT2D eigenvalue weighted by Gasteiger charge is 2.41. The Labute approximate surface area is 121 Å². The maximum Gasteiger partial charge on any atom is 0.342 e. The molecular formula is C10H16O5P2S2. The summed E-state index contributed by atoms with van der Waals surface area (Å²) in [5.41, 5.74) is 0.148. The molecule has 9 heteroatoms. The molecule has 0 fully saturated rings. The van der Waals surface area contributed by atoms with E-state index in [1.807, 2.05) is 13.8 Å². The molecule has 0 saturated heterocycles. The predicted molar refractivity (Wildman–Crippen MR) is 80.9 cm³/mol. The highest BCUT2D eigenvalue weighted by atomic mass is 32.5. The van der Waals surface area contributed by atoms with E-state index < -0.39 is 19.5 Å². The van der Waals surface area contributed by atoms with Crippen LogP contribution in [0.2, 0.25) is 0 Å². The molecule has 108 valence electrons. The summed E-state index contributed by atoms with van der Waals surface area (Å²) in [6.45, 7) is -0.0464. The molecule has 0 aromatic heterocycles. The Morgan fingerprint density at radius 1 is 1.11 bits per heavy atom. The van der Waals surface area contributed by atoms with Gasteiger partial charge in [0.15, 0.2) is 5.40 Å². The second kappa shape index (κ2) is 6.37. The highest BCUT2D eigenvalue weighted by molar-refractivity contribution is 8.11. The molecule has 1 aromatic carbocycles. The largest absolute Gasteiger partial charge is 0.344 e. The Hall–Kier alpha value is 0.290. The van der Waals surface area contributed by atoms with Crippen molar-refractivity contribution in [1.29, 1.82) is 0 Å². The fourth-order valence-corrected chi connectivity index (χ4v) is 6.57. The Morgan fingerprint density at radius 2 is 1.58 bits per heavy atom. The van der Waals surface area contributed by atoms with Crippen molar-refractivity contribution in [1.82, 2.24) is 0 Å². The SMILES string of the molecule is CC(C)Sc1ccc(C(P(=O)(O)O)P(O)(O)=S)cc1. The van der Waals surface area contributed by atoms with Crippen LogP contribution < -0.4 is 0 Å². The Kier molecular flexibility index (Phi) is 5.82. The van der Waals surface area contributed by atoms with E-state index >= 15 is 0 Å². The molecule has 0 aliphatic rings. The zero-order chi connectivity index (χ0) is 14.8. The van der Waals surface area contributed by atoms with Crippen molar-refractivity contribution in [2.24, 2.45) is 0 Å². The Bertz CT molecular complexity index is 497. The first-order valence-corrected chi connectivity index (χ1v) is 10.7.